The number of benzene rings is 3. The molecule has 5 N–H and O–H groups in total. The monoisotopic (exact) mass is 412 g/mol. The fourth-order valence-corrected chi connectivity index (χ4v) is 4.75. The number of aliphatic hydroxyl groups excluding tert-OH is 1. The molecule has 0 amide bonds. The Balaban J connectivity index is 1.72. The summed E-state index contributed by atoms with van der Waals surface area (Å²) in [4.78, 5) is 0. The Hall–Kier alpha value is -3.03. The molecule has 0 unspecified atom stereocenters. The lowest BCUT2D eigenvalue weighted by Gasteiger charge is -2.37. The maximum absolute atomic E-state index is 11.1. The van der Waals surface area contributed by atoms with Gasteiger partial charge in [-0.2, -0.15) is 0 Å². The summed E-state index contributed by atoms with van der Waals surface area (Å²) in [5, 5.41) is 50.3. The van der Waals surface area contributed by atoms with Gasteiger partial charge in [-0.05, 0) is 23.3 Å². The summed E-state index contributed by atoms with van der Waals surface area (Å²) in [5.41, 5.74) is 1.94. The summed E-state index contributed by atoms with van der Waals surface area (Å²) in [6, 6.07) is 16.6. The average Bonchev–Trinajstić information content (AvgIpc) is 2.70. The summed E-state index contributed by atoms with van der Waals surface area (Å²) in [5.74, 6) is -0.0547. The Morgan fingerprint density at radius 1 is 0.828 bits per heavy atom. The summed E-state index contributed by atoms with van der Waals surface area (Å²) in [6.45, 7) is 0. The van der Waals surface area contributed by atoms with E-state index in [2.05, 4.69) is 0 Å². The Bertz CT molecular complexity index is 1020. The van der Waals surface area contributed by atoms with Crippen molar-refractivity contribution in [3.63, 3.8) is 0 Å². The van der Waals surface area contributed by atoms with E-state index >= 15 is 0 Å². The number of phenolic OH excluding ortho intramolecular Hbond substituents is 4. The van der Waals surface area contributed by atoms with Gasteiger partial charge in [0.1, 0.15) is 23.4 Å². The molecule has 1 heterocycles. The summed E-state index contributed by atoms with van der Waals surface area (Å²) in [6.07, 6.45) is -1.90. The van der Waals surface area contributed by atoms with Crippen LogP contribution in [0.5, 0.6) is 28.7 Å². The summed E-state index contributed by atoms with van der Waals surface area (Å²) in [7, 11) is 0. The third-order valence-corrected chi connectivity index (χ3v) is 6.24. The Morgan fingerprint density at radius 3 is 2.31 bits per heavy atom. The predicted molar refractivity (Wildman–Crippen MR) is 109 cm³/mol. The van der Waals surface area contributed by atoms with Gasteiger partial charge < -0.3 is 30.3 Å². The lowest BCUT2D eigenvalue weighted by molar-refractivity contribution is 0.0174. The van der Waals surface area contributed by atoms with Gasteiger partial charge in [0.2, 0.25) is 0 Å². The van der Waals surface area contributed by atoms with Gasteiger partial charge >= 0.3 is 0 Å². The second kappa shape index (κ2) is 7.77. The molecule has 0 saturated carbocycles. The Morgan fingerprint density at radius 2 is 1.59 bits per heavy atom. The molecule has 0 aliphatic carbocycles. The van der Waals surface area contributed by atoms with E-state index in [1.807, 2.05) is 30.3 Å². The van der Waals surface area contributed by atoms with Crippen LogP contribution in [0, 0.1) is 0 Å². The molecular weight excluding hydrogens is 392 g/mol. The number of thioether (sulfide) groups is 1. The van der Waals surface area contributed by atoms with Gasteiger partial charge in [-0.25, -0.2) is 0 Å². The number of hydrogen-bond acceptors (Lipinski definition) is 7. The normalized spacial score (nSPS) is 20.7. The van der Waals surface area contributed by atoms with Crippen molar-refractivity contribution in [1.82, 2.24) is 0 Å². The van der Waals surface area contributed by atoms with Crippen molar-refractivity contribution in [1.29, 1.82) is 0 Å². The average molecular weight is 412 g/mol. The van der Waals surface area contributed by atoms with Crippen LogP contribution in [0.1, 0.15) is 28.0 Å². The Labute approximate surface area is 171 Å². The van der Waals surface area contributed by atoms with Crippen LogP contribution in [0.2, 0.25) is 0 Å². The molecule has 6 nitrogen and oxygen atoms in total. The van der Waals surface area contributed by atoms with Gasteiger partial charge in [0.05, 0.1) is 10.8 Å². The zero-order chi connectivity index (χ0) is 20.5. The van der Waals surface area contributed by atoms with E-state index in [9.17, 15) is 25.5 Å². The largest absolute Gasteiger partial charge is 0.508 e. The molecule has 0 saturated heterocycles. The summed E-state index contributed by atoms with van der Waals surface area (Å²) < 4.78 is 5.89. The van der Waals surface area contributed by atoms with Crippen molar-refractivity contribution in [2.24, 2.45) is 0 Å². The molecule has 1 aliphatic rings. The van der Waals surface area contributed by atoms with Crippen molar-refractivity contribution in [2.75, 3.05) is 0 Å². The minimum Gasteiger partial charge on any atom is -0.508 e. The van der Waals surface area contributed by atoms with Gasteiger partial charge in [-0.15, -0.1) is 11.8 Å². The number of fused-ring (bicyclic) bond motifs is 1. The molecule has 0 radical (unpaired) electrons. The molecule has 4 rings (SSSR count). The molecule has 0 aromatic heterocycles. The van der Waals surface area contributed by atoms with E-state index in [-0.39, 0.29) is 28.7 Å². The molecule has 1 aliphatic heterocycles. The first-order valence-corrected chi connectivity index (χ1v) is 10.1. The van der Waals surface area contributed by atoms with E-state index in [0.29, 0.717) is 16.9 Å². The van der Waals surface area contributed by atoms with E-state index in [4.69, 9.17) is 4.74 Å². The van der Waals surface area contributed by atoms with E-state index in [1.54, 1.807) is 6.07 Å². The lowest BCUT2D eigenvalue weighted by Crippen LogP contribution is -2.33. The molecule has 150 valence electrons. The lowest BCUT2D eigenvalue weighted by atomic mass is 9.93. The van der Waals surface area contributed by atoms with Crippen LogP contribution in [0.4, 0.5) is 0 Å². The van der Waals surface area contributed by atoms with Crippen LogP contribution >= 0.6 is 11.8 Å². The molecule has 3 aromatic rings. The molecule has 0 spiro atoms. The number of hydrogen-bond donors (Lipinski definition) is 5. The number of rotatable bonds is 4. The van der Waals surface area contributed by atoms with E-state index < -0.39 is 17.5 Å². The molecule has 3 aromatic carbocycles. The molecule has 29 heavy (non-hydrogen) atoms. The topological polar surface area (TPSA) is 110 Å². The first kappa shape index (κ1) is 19.3. The molecule has 0 bridgehead atoms. The highest BCUT2D eigenvalue weighted by molar-refractivity contribution is 7.98. The Kier molecular flexibility index (Phi) is 5.17. The van der Waals surface area contributed by atoms with Crippen LogP contribution in [-0.2, 0) is 5.75 Å². The third kappa shape index (κ3) is 3.79. The van der Waals surface area contributed by atoms with Crippen LogP contribution in [0.25, 0.3) is 0 Å². The maximum Gasteiger partial charge on any atom is 0.157 e. The fraction of sp³-hybridized carbons (Fsp3) is 0.182. The smallest absolute Gasteiger partial charge is 0.157 e. The number of aliphatic hydroxyl groups is 1. The van der Waals surface area contributed by atoms with Gasteiger partial charge in [-0.1, -0.05) is 36.4 Å². The highest BCUT2D eigenvalue weighted by atomic mass is 32.2. The van der Waals surface area contributed by atoms with Crippen LogP contribution in [0.15, 0.2) is 60.7 Å². The summed E-state index contributed by atoms with van der Waals surface area (Å²) >= 11 is 1.44. The second-order valence-corrected chi connectivity index (χ2v) is 8.00. The zero-order valence-electron chi connectivity index (χ0n) is 15.3. The van der Waals surface area contributed by atoms with E-state index in [1.165, 1.54) is 36.0 Å². The van der Waals surface area contributed by atoms with Crippen LogP contribution in [-0.4, -0.2) is 31.6 Å². The molecule has 3 atom stereocenters. The highest BCUT2D eigenvalue weighted by Gasteiger charge is 2.40. The third-order valence-electron chi connectivity index (χ3n) is 4.86. The molecular formula is C22H20O6S. The minimum absolute atomic E-state index is 0.156. The molecule has 7 heteroatoms. The standard InChI is InChI=1S/C22H20O6S/c23-14-9-17(26)19-18(10-14)28-21(13-6-7-15(24)16(25)8-13)20(27)22(19)29-11-12-4-2-1-3-5-12/h1-10,20-27H,11H2/t20-,21+,22+/m1/s1. The minimum atomic E-state index is -1.05. The zero-order valence-corrected chi connectivity index (χ0v) is 16.1. The first-order valence-electron chi connectivity index (χ1n) is 9.02. The predicted octanol–water partition coefficient (Wildman–Crippen LogP) is 3.98. The first-order chi connectivity index (χ1) is 13.9. The van der Waals surface area contributed by atoms with Gasteiger partial charge in [0, 0.05) is 17.9 Å². The molecule has 0 fully saturated rings. The van der Waals surface area contributed by atoms with Gasteiger partial charge in [-0.3, -0.25) is 0 Å². The van der Waals surface area contributed by atoms with Crippen molar-refractivity contribution in [3.05, 3.63) is 77.4 Å². The van der Waals surface area contributed by atoms with Crippen molar-refractivity contribution >= 4 is 11.8 Å². The van der Waals surface area contributed by atoms with Crippen molar-refractivity contribution in [3.8, 4) is 28.7 Å². The highest BCUT2D eigenvalue weighted by Crippen LogP contribution is 2.53. The number of phenols is 4. The second-order valence-electron chi connectivity index (χ2n) is 6.87. The van der Waals surface area contributed by atoms with Crippen molar-refractivity contribution < 1.29 is 30.3 Å². The van der Waals surface area contributed by atoms with Gasteiger partial charge in [0.25, 0.3) is 0 Å². The van der Waals surface area contributed by atoms with Crippen LogP contribution < -0.4 is 4.74 Å². The fourth-order valence-electron chi connectivity index (χ4n) is 3.44. The maximum atomic E-state index is 11.1. The van der Waals surface area contributed by atoms with Crippen LogP contribution in [0.3, 0.4) is 0 Å². The number of aromatic hydroxyl groups is 4. The SMILES string of the molecule is Oc1cc(O)c2c(c1)O[C@@H](c1ccc(O)c(O)c1)[C@@H](O)[C@H]2SCc1ccccc1. The van der Waals surface area contributed by atoms with Crippen molar-refractivity contribution in [2.45, 2.75) is 23.2 Å². The number of ether oxygens (including phenoxy) is 1. The van der Waals surface area contributed by atoms with E-state index in [0.717, 1.165) is 5.56 Å². The quantitative estimate of drug-likeness (QED) is 0.412. The van der Waals surface area contributed by atoms with Gasteiger partial charge in [0.15, 0.2) is 17.6 Å².